The van der Waals surface area contributed by atoms with E-state index in [0.29, 0.717) is 13.2 Å². The molecule has 2 N–H and O–H groups in total. The number of hydrogen-bond donors (Lipinski definition) is 2. The minimum absolute atomic E-state index is 0.0106. The highest BCUT2D eigenvalue weighted by molar-refractivity contribution is 7.89. The molecular formula is C23H28FN3O5S. The molecule has 0 spiro atoms. The van der Waals surface area contributed by atoms with Crippen molar-refractivity contribution in [2.75, 3.05) is 24.6 Å². The minimum atomic E-state index is -3.94. The summed E-state index contributed by atoms with van der Waals surface area (Å²) in [5.74, 6) is -1.68. The summed E-state index contributed by atoms with van der Waals surface area (Å²) < 4.78 is 46.8. The lowest BCUT2D eigenvalue weighted by Crippen LogP contribution is -2.53. The Morgan fingerprint density at radius 3 is 2.58 bits per heavy atom. The molecule has 1 saturated heterocycles. The average molecular weight is 478 g/mol. The predicted molar refractivity (Wildman–Crippen MR) is 122 cm³/mol. The van der Waals surface area contributed by atoms with E-state index in [2.05, 4.69) is 10.0 Å². The molecule has 0 saturated carbocycles. The van der Waals surface area contributed by atoms with E-state index in [0.717, 1.165) is 23.8 Å². The highest BCUT2D eigenvalue weighted by atomic mass is 32.2. The van der Waals surface area contributed by atoms with E-state index in [9.17, 15) is 22.4 Å². The van der Waals surface area contributed by atoms with Crippen molar-refractivity contribution in [1.82, 2.24) is 10.0 Å². The van der Waals surface area contributed by atoms with Crippen molar-refractivity contribution in [1.29, 1.82) is 0 Å². The topological polar surface area (TPSA) is 105 Å². The summed E-state index contributed by atoms with van der Waals surface area (Å²) in [5, 5.41) is 2.80. The largest absolute Gasteiger partial charge is 0.376 e. The number of benzene rings is 2. The van der Waals surface area contributed by atoms with E-state index < -0.39 is 40.2 Å². The van der Waals surface area contributed by atoms with Crippen molar-refractivity contribution in [2.45, 2.75) is 43.2 Å². The van der Waals surface area contributed by atoms with Crippen LogP contribution in [0.2, 0.25) is 0 Å². The van der Waals surface area contributed by atoms with Crippen LogP contribution in [0.4, 0.5) is 10.1 Å². The second kappa shape index (κ2) is 11.4. The molecule has 2 atom stereocenters. The molecule has 2 amide bonds. The fourth-order valence-corrected chi connectivity index (χ4v) is 4.67. The second-order valence-electron chi connectivity index (χ2n) is 7.69. The maximum atomic E-state index is 13.9. The molecule has 3 rings (SSSR count). The molecule has 2 aromatic carbocycles. The lowest BCUT2D eigenvalue weighted by atomic mass is 10.1. The number of anilines is 1. The van der Waals surface area contributed by atoms with Crippen LogP contribution in [0.15, 0.2) is 59.5 Å². The zero-order valence-electron chi connectivity index (χ0n) is 18.4. The van der Waals surface area contributed by atoms with Crippen LogP contribution in [0.3, 0.4) is 0 Å². The van der Waals surface area contributed by atoms with Gasteiger partial charge in [-0.25, -0.2) is 17.5 Å². The smallest absolute Gasteiger partial charge is 0.243 e. The first-order valence-electron chi connectivity index (χ1n) is 10.8. The molecule has 0 radical (unpaired) electrons. The van der Waals surface area contributed by atoms with Gasteiger partial charge in [0.25, 0.3) is 0 Å². The molecule has 33 heavy (non-hydrogen) atoms. The van der Waals surface area contributed by atoms with E-state index in [4.69, 9.17) is 4.74 Å². The maximum Gasteiger partial charge on any atom is 0.243 e. The Bertz CT molecular complexity index is 1060. The van der Waals surface area contributed by atoms with Gasteiger partial charge in [-0.3, -0.25) is 14.5 Å². The van der Waals surface area contributed by atoms with Gasteiger partial charge >= 0.3 is 0 Å². The number of sulfonamides is 1. The van der Waals surface area contributed by atoms with Crippen molar-refractivity contribution in [2.24, 2.45) is 0 Å². The van der Waals surface area contributed by atoms with Gasteiger partial charge in [0.15, 0.2) is 0 Å². The van der Waals surface area contributed by atoms with Crippen LogP contribution < -0.4 is 14.9 Å². The maximum absolute atomic E-state index is 13.9. The highest BCUT2D eigenvalue weighted by Crippen LogP contribution is 2.21. The second-order valence-corrected chi connectivity index (χ2v) is 9.45. The first kappa shape index (κ1) is 24.8. The van der Waals surface area contributed by atoms with Crippen LogP contribution in [0.25, 0.3) is 0 Å². The Hall–Kier alpha value is -2.82. The summed E-state index contributed by atoms with van der Waals surface area (Å²) in [5.41, 5.74) is 0.165. The number of ether oxygens (including phenoxy) is 1. The molecule has 1 fully saturated rings. The first-order chi connectivity index (χ1) is 15.8. The normalized spacial score (nSPS) is 16.8. The predicted octanol–water partition coefficient (Wildman–Crippen LogP) is 2.21. The van der Waals surface area contributed by atoms with Crippen LogP contribution >= 0.6 is 0 Å². The lowest BCUT2D eigenvalue weighted by molar-refractivity contribution is -0.126. The molecule has 1 aliphatic rings. The summed E-state index contributed by atoms with van der Waals surface area (Å²) in [4.78, 5) is 27.3. The van der Waals surface area contributed by atoms with Crippen LogP contribution in [0.1, 0.15) is 26.2 Å². The summed E-state index contributed by atoms with van der Waals surface area (Å²) in [6.45, 7) is 2.08. The van der Waals surface area contributed by atoms with Crippen LogP contribution in [-0.4, -0.2) is 52.1 Å². The molecule has 0 bridgehead atoms. The SMILES string of the molecule is CC[C@@H](C(=O)NC[C@@H]1CCCO1)N(C(=O)CNS(=O)(=O)c1ccccc1)c1cccc(F)c1. The highest BCUT2D eigenvalue weighted by Gasteiger charge is 2.31. The van der Waals surface area contributed by atoms with E-state index in [1.165, 1.54) is 30.3 Å². The van der Waals surface area contributed by atoms with Crippen molar-refractivity contribution in [3.63, 3.8) is 0 Å². The number of carbonyl (C=O) groups is 2. The molecule has 0 unspecified atom stereocenters. The summed E-state index contributed by atoms with van der Waals surface area (Å²) >= 11 is 0. The monoisotopic (exact) mass is 477 g/mol. The zero-order valence-corrected chi connectivity index (χ0v) is 19.2. The number of halogens is 1. The van der Waals surface area contributed by atoms with Crippen LogP contribution in [0, 0.1) is 5.82 Å². The Morgan fingerprint density at radius 1 is 1.18 bits per heavy atom. The molecule has 1 heterocycles. The van der Waals surface area contributed by atoms with Gasteiger partial charge in [-0.15, -0.1) is 0 Å². The van der Waals surface area contributed by atoms with Gasteiger partial charge in [-0.2, -0.15) is 0 Å². The Kier molecular flexibility index (Phi) is 8.54. The molecule has 0 aliphatic carbocycles. The van der Waals surface area contributed by atoms with Gasteiger partial charge < -0.3 is 10.1 Å². The number of amides is 2. The number of hydrogen-bond acceptors (Lipinski definition) is 5. The molecule has 0 aromatic heterocycles. The fraction of sp³-hybridized carbons (Fsp3) is 0.391. The Morgan fingerprint density at radius 2 is 1.94 bits per heavy atom. The van der Waals surface area contributed by atoms with E-state index in [1.807, 2.05) is 0 Å². The summed E-state index contributed by atoms with van der Waals surface area (Å²) in [6.07, 6.45) is 1.92. The number of carbonyl (C=O) groups excluding carboxylic acids is 2. The van der Waals surface area contributed by atoms with Crippen molar-refractivity contribution in [3.8, 4) is 0 Å². The standard InChI is InChI=1S/C23H28FN3O5S/c1-2-21(23(29)25-15-19-10-7-13-32-19)27(18-9-6-8-17(24)14-18)22(28)16-26-33(30,31)20-11-4-3-5-12-20/h3-6,8-9,11-12,14,19,21,26H,2,7,10,13,15-16H2,1H3,(H,25,29)/t19-,21-/m0/s1. The number of nitrogens with one attached hydrogen (secondary N) is 2. The molecule has 1 aliphatic heterocycles. The van der Waals surface area contributed by atoms with Crippen LogP contribution in [-0.2, 0) is 24.3 Å². The Labute approximate surface area is 193 Å². The third kappa shape index (κ3) is 6.59. The van der Waals surface area contributed by atoms with Gasteiger partial charge in [0.2, 0.25) is 21.8 Å². The number of rotatable bonds is 10. The molecular weight excluding hydrogens is 449 g/mol. The first-order valence-corrected chi connectivity index (χ1v) is 12.3. The fourth-order valence-electron chi connectivity index (χ4n) is 3.67. The molecule has 178 valence electrons. The minimum Gasteiger partial charge on any atom is -0.376 e. The van der Waals surface area contributed by atoms with Crippen molar-refractivity contribution in [3.05, 3.63) is 60.4 Å². The van der Waals surface area contributed by atoms with Gasteiger partial charge in [-0.1, -0.05) is 31.2 Å². The number of nitrogens with zero attached hydrogens (tertiary/aromatic N) is 1. The van der Waals surface area contributed by atoms with Gasteiger partial charge in [0, 0.05) is 18.8 Å². The van der Waals surface area contributed by atoms with E-state index in [1.54, 1.807) is 25.1 Å². The Balaban J connectivity index is 1.79. The zero-order chi connectivity index (χ0) is 23.8. The third-order valence-electron chi connectivity index (χ3n) is 5.35. The summed E-state index contributed by atoms with van der Waals surface area (Å²) in [6, 6.07) is 12.0. The van der Waals surface area contributed by atoms with Gasteiger partial charge in [-0.05, 0) is 49.6 Å². The van der Waals surface area contributed by atoms with Crippen LogP contribution in [0.5, 0.6) is 0 Å². The molecule has 8 nitrogen and oxygen atoms in total. The third-order valence-corrected chi connectivity index (χ3v) is 6.77. The molecule has 10 heteroatoms. The van der Waals surface area contributed by atoms with Gasteiger partial charge in [0.1, 0.15) is 11.9 Å². The van der Waals surface area contributed by atoms with Crippen molar-refractivity contribution >= 4 is 27.5 Å². The average Bonchev–Trinajstić information content (AvgIpc) is 3.34. The quantitative estimate of drug-likeness (QED) is 0.546. The lowest BCUT2D eigenvalue weighted by Gasteiger charge is -2.31. The summed E-state index contributed by atoms with van der Waals surface area (Å²) in [7, 11) is -3.94. The van der Waals surface area contributed by atoms with E-state index >= 15 is 0 Å². The van der Waals surface area contributed by atoms with Gasteiger partial charge in [0.05, 0.1) is 17.5 Å². The van der Waals surface area contributed by atoms with Crippen molar-refractivity contribution < 1.29 is 27.1 Å². The van der Waals surface area contributed by atoms with E-state index in [-0.39, 0.29) is 23.1 Å². The molecule has 2 aromatic rings.